The Morgan fingerprint density at radius 1 is 1.43 bits per heavy atom. The highest BCUT2D eigenvalue weighted by Crippen LogP contribution is 2.42. The normalized spacial score (nSPS) is 14.9. The number of carbonyl (C=O) groups is 1. The summed E-state index contributed by atoms with van der Waals surface area (Å²) in [5, 5.41) is 16.6. The summed E-state index contributed by atoms with van der Waals surface area (Å²) in [4.78, 5) is 24.2. The van der Waals surface area contributed by atoms with Crippen molar-refractivity contribution in [2.45, 2.75) is 45.6 Å². The summed E-state index contributed by atoms with van der Waals surface area (Å²) in [6.45, 7) is 6.01. The van der Waals surface area contributed by atoms with Crippen LogP contribution in [-0.2, 0) is 0 Å². The molecular formula is C20H23N5O2S. The van der Waals surface area contributed by atoms with Crippen LogP contribution in [0.2, 0.25) is 0 Å². The van der Waals surface area contributed by atoms with Crippen LogP contribution in [-0.4, -0.2) is 43.4 Å². The molecule has 8 heteroatoms. The molecule has 0 unspecified atom stereocenters. The summed E-state index contributed by atoms with van der Waals surface area (Å²) in [7, 11) is 0. The summed E-state index contributed by atoms with van der Waals surface area (Å²) in [6.07, 6.45) is 4.74. The first-order chi connectivity index (χ1) is 13.4. The van der Waals surface area contributed by atoms with Crippen molar-refractivity contribution in [2.24, 2.45) is 0 Å². The van der Waals surface area contributed by atoms with E-state index >= 15 is 0 Å². The molecule has 0 bridgehead atoms. The number of aryl methyl sites for hydroxylation is 2. The van der Waals surface area contributed by atoms with Crippen LogP contribution < -0.4 is 5.32 Å². The van der Waals surface area contributed by atoms with Crippen molar-refractivity contribution in [3.8, 4) is 17.2 Å². The third-order valence-electron chi connectivity index (χ3n) is 4.72. The van der Waals surface area contributed by atoms with Gasteiger partial charge in [-0.05, 0) is 45.7 Å². The number of amides is 1. The number of thiophene rings is 1. The number of carbonyl (C=O) groups excluding carboxylic acids is 1. The lowest BCUT2D eigenvalue weighted by Crippen LogP contribution is -2.31. The lowest BCUT2D eigenvalue weighted by molar-refractivity contribution is 0.0923. The molecule has 2 N–H and O–H groups in total. The van der Waals surface area contributed by atoms with E-state index in [0.717, 1.165) is 29.8 Å². The minimum Gasteiger partial charge on any atom is -0.392 e. The predicted molar refractivity (Wildman–Crippen MR) is 108 cm³/mol. The van der Waals surface area contributed by atoms with E-state index in [9.17, 15) is 9.90 Å². The Hall–Kier alpha value is -2.58. The molecule has 7 nitrogen and oxygen atoms in total. The maximum absolute atomic E-state index is 12.6. The van der Waals surface area contributed by atoms with Gasteiger partial charge in [0.25, 0.3) is 11.9 Å². The first kappa shape index (κ1) is 18.8. The van der Waals surface area contributed by atoms with Crippen molar-refractivity contribution in [1.29, 1.82) is 0 Å². The van der Waals surface area contributed by atoms with Gasteiger partial charge in [0.1, 0.15) is 0 Å². The van der Waals surface area contributed by atoms with E-state index in [4.69, 9.17) is 4.98 Å². The molecule has 1 atom stereocenters. The second kappa shape index (κ2) is 7.44. The fourth-order valence-corrected chi connectivity index (χ4v) is 4.20. The van der Waals surface area contributed by atoms with Crippen LogP contribution in [0.25, 0.3) is 17.2 Å². The highest BCUT2D eigenvalue weighted by Gasteiger charge is 2.33. The van der Waals surface area contributed by atoms with E-state index in [1.54, 1.807) is 35.3 Å². The Balaban J connectivity index is 1.71. The number of nitrogens with one attached hydrogen (secondary N) is 1. The van der Waals surface area contributed by atoms with Gasteiger partial charge in [0.05, 0.1) is 29.3 Å². The third kappa shape index (κ3) is 3.70. The minimum atomic E-state index is -0.597. The molecule has 1 amide bonds. The van der Waals surface area contributed by atoms with Gasteiger partial charge < -0.3 is 10.4 Å². The topological polar surface area (TPSA) is 92.9 Å². The van der Waals surface area contributed by atoms with Crippen LogP contribution in [0.1, 0.15) is 51.5 Å². The molecule has 1 fully saturated rings. The van der Waals surface area contributed by atoms with E-state index in [1.807, 2.05) is 6.07 Å². The first-order valence-corrected chi connectivity index (χ1v) is 10.2. The van der Waals surface area contributed by atoms with Gasteiger partial charge in [0, 0.05) is 34.0 Å². The van der Waals surface area contributed by atoms with Crippen LogP contribution in [0, 0.1) is 13.8 Å². The maximum atomic E-state index is 12.6. The van der Waals surface area contributed by atoms with Gasteiger partial charge >= 0.3 is 0 Å². The van der Waals surface area contributed by atoms with Crippen LogP contribution in [0.3, 0.4) is 0 Å². The SMILES string of the molecule is Cc1cc(-c2ccnc(-n3ncc(C(=O)NC[C@H](C)O)c3C3CC3)n2)c(C)s1. The zero-order valence-electron chi connectivity index (χ0n) is 16.1. The van der Waals surface area contributed by atoms with E-state index < -0.39 is 6.10 Å². The maximum Gasteiger partial charge on any atom is 0.254 e. The molecule has 0 spiro atoms. The molecule has 4 rings (SSSR count). The van der Waals surface area contributed by atoms with E-state index in [1.165, 1.54) is 9.75 Å². The molecule has 1 saturated carbocycles. The Bertz CT molecular complexity index is 1020. The number of rotatable bonds is 6. The molecule has 1 aliphatic rings. The van der Waals surface area contributed by atoms with Crippen LogP contribution in [0.5, 0.6) is 0 Å². The number of nitrogens with zero attached hydrogens (tertiary/aromatic N) is 4. The van der Waals surface area contributed by atoms with Gasteiger partial charge in [-0.1, -0.05) is 0 Å². The number of aliphatic hydroxyl groups excluding tert-OH is 1. The van der Waals surface area contributed by atoms with E-state index in [2.05, 4.69) is 35.3 Å². The number of aromatic nitrogens is 4. The van der Waals surface area contributed by atoms with Crippen molar-refractivity contribution in [3.63, 3.8) is 0 Å². The zero-order chi connectivity index (χ0) is 19.8. The summed E-state index contributed by atoms with van der Waals surface area (Å²) in [5.41, 5.74) is 3.32. The molecule has 28 heavy (non-hydrogen) atoms. The lowest BCUT2D eigenvalue weighted by atomic mass is 10.1. The molecule has 0 aromatic carbocycles. The minimum absolute atomic E-state index is 0.205. The smallest absolute Gasteiger partial charge is 0.254 e. The van der Waals surface area contributed by atoms with Gasteiger partial charge in [-0.25, -0.2) is 14.6 Å². The average molecular weight is 398 g/mol. The Kier molecular flexibility index (Phi) is 4.99. The highest BCUT2D eigenvalue weighted by molar-refractivity contribution is 7.12. The third-order valence-corrected chi connectivity index (χ3v) is 5.69. The number of hydrogen-bond acceptors (Lipinski definition) is 6. The van der Waals surface area contributed by atoms with Gasteiger partial charge in [-0.15, -0.1) is 11.3 Å². The molecule has 0 aliphatic heterocycles. The monoisotopic (exact) mass is 397 g/mol. The Morgan fingerprint density at radius 2 is 2.21 bits per heavy atom. The molecule has 3 aromatic rings. The predicted octanol–water partition coefficient (Wildman–Crippen LogP) is 3.00. The molecule has 3 aromatic heterocycles. The second-order valence-electron chi connectivity index (χ2n) is 7.26. The lowest BCUT2D eigenvalue weighted by Gasteiger charge is -2.10. The molecular weight excluding hydrogens is 374 g/mol. The van der Waals surface area contributed by atoms with Crippen molar-refractivity contribution in [1.82, 2.24) is 25.1 Å². The first-order valence-electron chi connectivity index (χ1n) is 9.39. The summed E-state index contributed by atoms with van der Waals surface area (Å²) in [6, 6.07) is 4.03. The second-order valence-corrected chi connectivity index (χ2v) is 8.72. The van der Waals surface area contributed by atoms with Crippen LogP contribution in [0.4, 0.5) is 0 Å². The molecule has 146 valence electrons. The average Bonchev–Trinajstić information content (AvgIpc) is 3.31. The fraction of sp³-hybridized carbons (Fsp3) is 0.400. The van der Waals surface area contributed by atoms with Crippen LogP contribution >= 0.6 is 11.3 Å². The van der Waals surface area contributed by atoms with E-state index in [-0.39, 0.29) is 18.4 Å². The fourth-order valence-electron chi connectivity index (χ4n) is 3.26. The van der Waals surface area contributed by atoms with E-state index in [0.29, 0.717) is 11.5 Å². The summed E-state index contributed by atoms with van der Waals surface area (Å²) in [5.74, 6) is 0.527. The van der Waals surface area contributed by atoms with Crippen molar-refractivity contribution < 1.29 is 9.90 Å². The zero-order valence-corrected chi connectivity index (χ0v) is 17.0. The molecule has 1 aliphatic carbocycles. The quantitative estimate of drug-likeness (QED) is 0.667. The number of aliphatic hydroxyl groups is 1. The Labute approximate surface area is 167 Å². The largest absolute Gasteiger partial charge is 0.392 e. The summed E-state index contributed by atoms with van der Waals surface area (Å²) < 4.78 is 1.69. The highest BCUT2D eigenvalue weighted by atomic mass is 32.1. The van der Waals surface area contributed by atoms with Gasteiger partial charge in [0.2, 0.25) is 0 Å². The summed E-state index contributed by atoms with van der Waals surface area (Å²) >= 11 is 1.74. The van der Waals surface area contributed by atoms with Gasteiger partial charge in [-0.2, -0.15) is 5.10 Å². The molecule has 0 saturated heterocycles. The van der Waals surface area contributed by atoms with Crippen molar-refractivity contribution in [3.05, 3.63) is 45.5 Å². The molecule has 0 radical (unpaired) electrons. The van der Waals surface area contributed by atoms with Crippen molar-refractivity contribution >= 4 is 17.2 Å². The Morgan fingerprint density at radius 3 is 2.86 bits per heavy atom. The van der Waals surface area contributed by atoms with Gasteiger partial charge in [0.15, 0.2) is 0 Å². The standard InChI is InChI=1S/C20H23N5O2S/c1-11(26)9-22-19(27)16-10-23-25(18(16)14-4-5-14)20-21-7-6-17(24-20)15-8-12(2)28-13(15)3/h6-8,10-11,14,26H,4-5,9H2,1-3H3,(H,22,27)/t11-/m0/s1. The van der Waals surface area contributed by atoms with Crippen LogP contribution in [0.15, 0.2) is 24.5 Å². The number of hydrogen-bond donors (Lipinski definition) is 2. The van der Waals surface area contributed by atoms with Crippen molar-refractivity contribution in [2.75, 3.05) is 6.54 Å². The molecule has 3 heterocycles. The van der Waals surface area contributed by atoms with Gasteiger partial charge in [-0.3, -0.25) is 4.79 Å².